The number of rotatable bonds is 10. The summed E-state index contributed by atoms with van der Waals surface area (Å²) >= 11 is 1.25. The molecule has 1 aliphatic heterocycles. The number of fused-ring (bicyclic) bond motifs is 1. The van der Waals surface area contributed by atoms with Crippen LogP contribution in [0, 0.1) is 6.92 Å². The van der Waals surface area contributed by atoms with E-state index >= 15 is 0 Å². The van der Waals surface area contributed by atoms with Gasteiger partial charge in [0.1, 0.15) is 34.5 Å². The van der Waals surface area contributed by atoms with Crippen LogP contribution >= 0.6 is 11.8 Å². The number of ether oxygens (including phenoxy) is 3. The molecule has 3 aromatic carbocycles. The number of aliphatic hydroxyl groups is 1. The molecule has 0 unspecified atom stereocenters. The average molecular weight is 583 g/mol. The Labute approximate surface area is 250 Å². The fourth-order valence-corrected chi connectivity index (χ4v) is 5.62. The van der Waals surface area contributed by atoms with E-state index in [-0.39, 0.29) is 24.0 Å². The predicted molar refractivity (Wildman–Crippen MR) is 170 cm³/mol. The molecule has 1 N–H and O–H groups in total. The van der Waals surface area contributed by atoms with Gasteiger partial charge in [0.05, 0.1) is 29.8 Å². The standard InChI is InChI=1S/C34H34N2O5S/c1-5-39-34(38)31-32(37)30(42-33(31)35-25-12-10-23(4)11-13-25)20-24-21-36(29-9-7-6-8-28(24)29)18-19-40-26-14-16-27(17-15-26)41-22(2)3/h6-17,20-22,37H,5,18-19H2,1-4H3/b30-20-,35-33?. The molecule has 8 heteroatoms. The second-order valence-corrected chi connectivity index (χ2v) is 11.1. The number of esters is 1. The third-order valence-electron chi connectivity index (χ3n) is 6.54. The van der Waals surface area contributed by atoms with Crippen LogP contribution in [-0.4, -0.2) is 40.0 Å². The Morgan fingerprint density at radius 1 is 1.02 bits per heavy atom. The number of para-hydroxylation sites is 1. The summed E-state index contributed by atoms with van der Waals surface area (Å²) in [5.74, 6) is 0.857. The molecule has 42 heavy (non-hydrogen) atoms. The third-order valence-corrected chi connectivity index (χ3v) is 7.56. The number of carbonyl (C=O) groups excluding carboxylic acids is 1. The Morgan fingerprint density at radius 2 is 1.74 bits per heavy atom. The van der Waals surface area contributed by atoms with Gasteiger partial charge in [-0.25, -0.2) is 9.79 Å². The van der Waals surface area contributed by atoms with Crippen LogP contribution in [0.5, 0.6) is 11.5 Å². The van der Waals surface area contributed by atoms with Gasteiger partial charge in [0.15, 0.2) is 0 Å². The minimum Gasteiger partial charge on any atom is -0.506 e. The molecule has 216 valence electrons. The highest BCUT2D eigenvalue weighted by Gasteiger charge is 2.33. The van der Waals surface area contributed by atoms with Gasteiger partial charge < -0.3 is 23.9 Å². The van der Waals surface area contributed by atoms with Crippen LogP contribution in [0.1, 0.15) is 31.9 Å². The molecule has 1 aliphatic rings. The van der Waals surface area contributed by atoms with E-state index in [2.05, 4.69) is 15.6 Å². The molecule has 0 bridgehead atoms. The first-order valence-corrected chi connectivity index (χ1v) is 14.8. The van der Waals surface area contributed by atoms with Crippen molar-refractivity contribution in [1.82, 2.24) is 4.57 Å². The molecule has 0 amide bonds. The molecule has 7 nitrogen and oxygen atoms in total. The van der Waals surface area contributed by atoms with Crippen molar-refractivity contribution in [3.63, 3.8) is 0 Å². The van der Waals surface area contributed by atoms with Gasteiger partial charge in [-0.1, -0.05) is 47.7 Å². The van der Waals surface area contributed by atoms with Gasteiger partial charge in [0, 0.05) is 22.7 Å². The lowest BCUT2D eigenvalue weighted by Gasteiger charge is -2.11. The maximum Gasteiger partial charge on any atom is 0.344 e. The molecule has 0 atom stereocenters. The second-order valence-electron chi connectivity index (χ2n) is 10.1. The first-order chi connectivity index (χ1) is 20.3. The van der Waals surface area contributed by atoms with Crippen molar-refractivity contribution in [3.8, 4) is 11.5 Å². The normalized spacial score (nSPS) is 15.3. The van der Waals surface area contributed by atoms with Gasteiger partial charge in [0.2, 0.25) is 0 Å². The van der Waals surface area contributed by atoms with Crippen molar-refractivity contribution >= 4 is 45.4 Å². The van der Waals surface area contributed by atoms with Crippen molar-refractivity contribution in [2.75, 3.05) is 13.2 Å². The molecular formula is C34H34N2O5S. The van der Waals surface area contributed by atoms with Crippen molar-refractivity contribution in [2.45, 2.75) is 40.3 Å². The van der Waals surface area contributed by atoms with Crippen molar-refractivity contribution < 1.29 is 24.1 Å². The van der Waals surface area contributed by atoms with Crippen molar-refractivity contribution in [3.05, 3.63) is 106 Å². The summed E-state index contributed by atoms with van der Waals surface area (Å²) in [4.78, 5) is 18.0. The molecule has 0 spiro atoms. The number of aliphatic imine (C=N–C) groups is 1. The van der Waals surface area contributed by atoms with Crippen LogP contribution in [0.25, 0.3) is 17.0 Å². The zero-order valence-corrected chi connectivity index (χ0v) is 25.0. The topological polar surface area (TPSA) is 82.3 Å². The van der Waals surface area contributed by atoms with Crippen LogP contribution in [0.2, 0.25) is 0 Å². The molecule has 0 saturated carbocycles. The molecule has 1 aromatic heterocycles. The van der Waals surface area contributed by atoms with Crippen LogP contribution in [0.4, 0.5) is 5.69 Å². The summed E-state index contributed by atoms with van der Waals surface area (Å²) in [6, 6.07) is 23.4. The van der Waals surface area contributed by atoms with E-state index in [9.17, 15) is 9.90 Å². The van der Waals surface area contributed by atoms with E-state index in [0.29, 0.717) is 28.8 Å². The largest absolute Gasteiger partial charge is 0.506 e. The number of benzene rings is 3. The van der Waals surface area contributed by atoms with E-state index in [1.54, 1.807) is 6.92 Å². The van der Waals surface area contributed by atoms with Gasteiger partial charge in [-0.2, -0.15) is 0 Å². The summed E-state index contributed by atoms with van der Waals surface area (Å²) in [5, 5.41) is 12.6. The Morgan fingerprint density at radius 3 is 2.45 bits per heavy atom. The average Bonchev–Trinajstić information content (AvgIpc) is 3.47. The Bertz CT molecular complexity index is 1660. The first kappa shape index (κ1) is 29.1. The molecular weight excluding hydrogens is 548 g/mol. The molecule has 0 saturated heterocycles. The number of aryl methyl sites for hydroxylation is 1. The van der Waals surface area contributed by atoms with Crippen LogP contribution in [-0.2, 0) is 16.1 Å². The van der Waals surface area contributed by atoms with Gasteiger partial charge in [0.25, 0.3) is 0 Å². The lowest BCUT2D eigenvalue weighted by atomic mass is 10.1. The van der Waals surface area contributed by atoms with E-state index in [1.165, 1.54) is 11.8 Å². The predicted octanol–water partition coefficient (Wildman–Crippen LogP) is 8.01. The van der Waals surface area contributed by atoms with Gasteiger partial charge in [-0.15, -0.1) is 0 Å². The van der Waals surface area contributed by atoms with Crippen LogP contribution in [0.15, 0.2) is 100 Å². The Hall–Kier alpha value is -4.43. The van der Waals surface area contributed by atoms with E-state index in [4.69, 9.17) is 14.2 Å². The highest BCUT2D eigenvalue weighted by Crippen LogP contribution is 2.41. The molecule has 0 fully saturated rings. The van der Waals surface area contributed by atoms with E-state index < -0.39 is 5.97 Å². The minimum absolute atomic E-state index is 0.0793. The maximum atomic E-state index is 12.8. The van der Waals surface area contributed by atoms with Gasteiger partial charge in [-0.05, 0) is 76.2 Å². The van der Waals surface area contributed by atoms with Crippen LogP contribution < -0.4 is 9.47 Å². The molecule has 0 aliphatic carbocycles. The lowest BCUT2D eigenvalue weighted by molar-refractivity contribution is -0.138. The Kier molecular flexibility index (Phi) is 9.03. The molecule has 4 aromatic rings. The third kappa shape index (κ3) is 6.71. The number of hydrogen-bond donors (Lipinski definition) is 1. The number of carbonyl (C=O) groups is 1. The molecule has 0 radical (unpaired) electrons. The summed E-state index contributed by atoms with van der Waals surface area (Å²) in [7, 11) is 0. The minimum atomic E-state index is -0.597. The SMILES string of the molecule is CCOC(=O)C1=C(O)/C(=C/c2cn(CCOc3ccc(OC(C)C)cc3)c3ccccc23)SC1=Nc1ccc(C)cc1. The number of thioether (sulfide) groups is 1. The molecule has 5 rings (SSSR count). The zero-order valence-electron chi connectivity index (χ0n) is 24.2. The zero-order chi connectivity index (χ0) is 29.6. The first-order valence-electron chi connectivity index (χ1n) is 14.0. The highest BCUT2D eigenvalue weighted by atomic mass is 32.2. The van der Waals surface area contributed by atoms with E-state index in [1.807, 2.05) is 99.8 Å². The summed E-state index contributed by atoms with van der Waals surface area (Å²) in [6.07, 6.45) is 4.05. The van der Waals surface area contributed by atoms with Crippen LogP contribution in [0.3, 0.4) is 0 Å². The van der Waals surface area contributed by atoms with Crippen molar-refractivity contribution in [1.29, 1.82) is 0 Å². The number of aliphatic hydroxyl groups excluding tert-OH is 1. The highest BCUT2D eigenvalue weighted by molar-refractivity contribution is 8.18. The smallest absolute Gasteiger partial charge is 0.344 e. The van der Waals surface area contributed by atoms with Gasteiger partial charge >= 0.3 is 5.97 Å². The summed E-state index contributed by atoms with van der Waals surface area (Å²) in [5.41, 5.74) is 3.83. The Balaban J connectivity index is 1.40. The number of hydrogen-bond acceptors (Lipinski definition) is 7. The fraction of sp³-hybridized carbons (Fsp3) is 0.235. The fourth-order valence-electron chi connectivity index (χ4n) is 4.59. The number of nitrogens with zero attached hydrogens (tertiary/aromatic N) is 2. The number of aromatic nitrogens is 1. The van der Waals surface area contributed by atoms with Gasteiger partial charge in [-0.3, -0.25) is 0 Å². The summed E-state index contributed by atoms with van der Waals surface area (Å²) < 4.78 is 19.1. The monoisotopic (exact) mass is 582 g/mol. The molecule has 2 heterocycles. The second kappa shape index (κ2) is 13.0. The lowest BCUT2D eigenvalue weighted by Crippen LogP contribution is -2.12. The maximum absolute atomic E-state index is 12.8. The van der Waals surface area contributed by atoms with Crippen molar-refractivity contribution in [2.24, 2.45) is 4.99 Å². The summed E-state index contributed by atoms with van der Waals surface area (Å²) in [6.45, 7) is 9.02. The van der Waals surface area contributed by atoms with E-state index in [0.717, 1.165) is 33.5 Å². The quantitative estimate of drug-likeness (QED) is 0.191.